The Kier molecular flexibility index (Phi) is 6.33. The van der Waals surface area contributed by atoms with Crippen molar-refractivity contribution in [3.63, 3.8) is 0 Å². The molecule has 0 unspecified atom stereocenters. The standard InChI is InChI=1S/C26H28N2/c1-3-8-24(9-4-1)22-28-20-18-27(19-21-28)17-7-10-23-13-15-26(16-14-23)25-11-5-2-6-12-25/h1-16H,17-22H2/b10-7+. The molecule has 3 aromatic carbocycles. The van der Waals surface area contributed by atoms with Crippen molar-refractivity contribution in [1.29, 1.82) is 0 Å². The first-order chi connectivity index (χ1) is 13.9. The maximum Gasteiger partial charge on any atom is 0.0234 e. The fourth-order valence-electron chi connectivity index (χ4n) is 3.73. The Labute approximate surface area is 168 Å². The molecule has 1 saturated heterocycles. The van der Waals surface area contributed by atoms with Crippen LogP contribution in [-0.2, 0) is 6.54 Å². The van der Waals surface area contributed by atoms with E-state index in [1.165, 1.54) is 22.3 Å². The Morgan fingerprint density at radius 1 is 0.607 bits per heavy atom. The number of benzene rings is 3. The molecule has 0 aromatic heterocycles. The van der Waals surface area contributed by atoms with E-state index < -0.39 is 0 Å². The zero-order chi connectivity index (χ0) is 19.0. The maximum atomic E-state index is 2.55. The summed E-state index contributed by atoms with van der Waals surface area (Å²) in [6.07, 6.45) is 4.54. The van der Waals surface area contributed by atoms with E-state index >= 15 is 0 Å². The minimum Gasteiger partial charge on any atom is -0.297 e. The fourth-order valence-corrected chi connectivity index (χ4v) is 3.73. The number of piperazine rings is 1. The van der Waals surface area contributed by atoms with Gasteiger partial charge in [0.1, 0.15) is 0 Å². The van der Waals surface area contributed by atoms with Crippen LogP contribution in [0.4, 0.5) is 0 Å². The molecule has 0 amide bonds. The van der Waals surface area contributed by atoms with Gasteiger partial charge in [-0.15, -0.1) is 0 Å². The van der Waals surface area contributed by atoms with Gasteiger partial charge in [0.15, 0.2) is 0 Å². The van der Waals surface area contributed by atoms with E-state index in [2.05, 4.69) is 107 Å². The second-order valence-electron chi connectivity index (χ2n) is 7.45. The van der Waals surface area contributed by atoms with Crippen molar-refractivity contribution in [3.05, 3.63) is 102 Å². The van der Waals surface area contributed by atoms with Crippen molar-refractivity contribution in [3.8, 4) is 11.1 Å². The van der Waals surface area contributed by atoms with Gasteiger partial charge in [0.05, 0.1) is 0 Å². The van der Waals surface area contributed by atoms with Crippen molar-refractivity contribution in [1.82, 2.24) is 9.80 Å². The van der Waals surface area contributed by atoms with Crippen molar-refractivity contribution in [2.45, 2.75) is 6.54 Å². The molecule has 2 nitrogen and oxygen atoms in total. The van der Waals surface area contributed by atoms with Crippen LogP contribution in [0.25, 0.3) is 17.2 Å². The molecule has 1 fully saturated rings. The summed E-state index contributed by atoms with van der Waals surface area (Å²) >= 11 is 0. The SMILES string of the molecule is C(=C\c1ccc(-c2ccccc2)cc1)/CN1CCN(Cc2ccccc2)CC1. The van der Waals surface area contributed by atoms with Crippen LogP contribution in [0.3, 0.4) is 0 Å². The van der Waals surface area contributed by atoms with Crippen molar-refractivity contribution in [2.75, 3.05) is 32.7 Å². The van der Waals surface area contributed by atoms with Crippen molar-refractivity contribution < 1.29 is 0 Å². The van der Waals surface area contributed by atoms with Gasteiger partial charge in [0.25, 0.3) is 0 Å². The van der Waals surface area contributed by atoms with Crippen LogP contribution in [-0.4, -0.2) is 42.5 Å². The zero-order valence-electron chi connectivity index (χ0n) is 16.4. The normalized spacial score (nSPS) is 15.9. The number of nitrogens with zero attached hydrogens (tertiary/aromatic N) is 2. The van der Waals surface area contributed by atoms with E-state index in [9.17, 15) is 0 Å². The number of rotatable bonds is 6. The Bertz CT molecular complexity index is 861. The summed E-state index contributed by atoms with van der Waals surface area (Å²) in [5.74, 6) is 0. The Morgan fingerprint density at radius 2 is 1.18 bits per heavy atom. The third-order valence-corrected chi connectivity index (χ3v) is 5.41. The van der Waals surface area contributed by atoms with Gasteiger partial charge in [-0.2, -0.15) is 0 Å². The van der Waals surface area contributed by atoms with Crippen LogP contribution in [0.15, 0.2) is 91.0 Å². The minimum atomic E-state index is 1.03. The lowest BCUT2D eigenvalue weighted by Crippen LogP contribution is -2.45. The van der Waals surface area contributed by atoms with Gasteiger partial charge in [-0.05, 0) is 22.3 Å². The summed E-state index contributed by atoms with van der Waals surface area (Å²) < 4.78 is 0. The molecule has 0 saturated carbocycles. The van der Waals surface area contributed by atoms with E-state index in [1.54, 1.807) is 0 Å². The molecule has 2 heteroatoms. The highest BCUT2D eigenvalue weighted by Crippen LogP contribution is 2.19. The van der Waals surface area contributed by atoms with Crippen LogP contribution < -0.4 is 0 Å². The Hall–Kier alpha value is -2.68. The van der Waals surface area contributed by atoms with Crippen LogP contribution >= 0.6 is 0 Å². The molecular formula is C26H28N2. The van der Waals surface area contributed by atoms with Crippen LogP contribution in [0.5, 0.6) is 0 Å². The van der Waals surface area contributed by atoms with Crippen molar-refractivity contribution in [2.24, 2.45) is 0 Å². The van der Waals surface area contributed by atoms with Gasteiger partial charge in [0.2, 0.25) is 0 Å². The molecule has 1 aliphatic rings. The lowest BCUT2D eigenvalue weighted by Gasteiger charge is -2.34. The molecule has 28 heavy (non-hydrogen) atoms. The quantitative estimate of drug-likeness (QED) is 0.591. The first-order valence-electron chi connectivity index (χ1n) is 10.2. The highest BCUT2D eigenvalue weighted by atomic mass is 15.3. The minimum absolute atomic E-state index is 1.03. The van der Waals surface area contributed by atoms with Crippen LogP contribution in [0.1, 0.15) is 11.1 Å². The number of hydrogen-bond acceptors (Lipinski definition) is 2. The molecule has 0 N–H and O–H groups in total. The molecule has 0 spiro atoms. The Balaban J connectivity index is 1.23. The van der Waals surface area contributed by atoms with Crippen LogP contribution in [0.2, 0.25) is 0 Å². The van der Waals surface area contributed by atoms with Gasteiger partial charge in [-0.1, -0.05) is 97.1 Å². The van der Waals surface area contributed by atoms with E-state index in [4.69, 9.17) is 0 Å². The highest BCUT2D eigenvalue weighted by Gasteiger charge is 2.15. The topological polar surface area (TPSA) is 6.48 Å². The maximum absolute atomic E-state index is 2.55. The first kappa shape index (κ1) is 18.7. The number of hydrogen-bond donors (Lipinski definition) is 0. The van der Waals surface area contributed by atoms with E-state index in [1.807, 2.05) is 0 Å². The third-order valence-electron chi connectivity index (χ3n) is 5.41. The lowest BCUT2D eigenvalue weighted by atomic mass is 10.0. The summed E-state index contributed by atoms with van der Waals surface area (Å²) in [5, 5.41) is 0. The van der Waals surface area contributed by atoms with Gasteiger partial charge >= 0.3 is 0 Å². The monoisotopic (exact) mass is 368 g/mol. The third kappa shape index (κ3) is 5.19. The Morgan fingerprint density at radius 3 is 1.86 bits per heavy atom. The van der Waals surface area contributed by atoms with Crippen LogP contribution in [0, 0.1) is 0 Å². The van der Waals surface area contributed by atoms with E-state index in [-0.39, 0.29) is 0 Å². The molecule has 0 bridgehead atoms. The molecule has 3 aromatic rings. The molecule has 0 aliphatic carbocycles. The second kappa shape index (κ2) is 9.50. The zero-order valence-corrected chi connectivity index (χ0v) is 16.4. The predicted octanol–water partition coefficient (Wildman–Crippen LogP) is 5.18. The highest BCUT2D eigenvalue weighted by molar-refractivity contribution is 5.65. The summed E-state index contributed by atoms with van der Waals surface area (Å²) in [7, 11) is 0. The molecule has 0 atom stereocenters. The predicted molar refractivity (Wildman–Crippen MR) is 119 cm³/mol. The molecule has 1 aliphatic heterocycles. The van der Waals surface area contributed by atoms with E-state index in [0.717, 1.165) is 39.3 Å². The van der Waals surface area contributed by atoms with Gasteiger partial charge < -0.3 is 0 Å². The molecule has 0 radical (unpaired) electrons. The summed E-state index contributed by atoms with van der Waals surface area (Å²) in [4.78, 5) is 5.09. The lowest BCUT2D eigenvalue weighted by molar-refractivity contribution is 0.137. The van der Waals surface area contributed by atoms with Gasteiger partial charge in [-0.3, -0.25) is 9.80 Å². The summed E-state index contributed by atoms with van der Waals surface area (Å²) in [5.41, 5.74) is 5.22. The molecule has 1 heterocycles. The summed E-state index contributed by atoms with van der Waals surface area (Å²) in [6.45, 7) is 6.68. The van der Waals surface area contributed by atoms with Gasteiger partial charge in [-0.25, -0.2) is 0 Å². The van der Waals surface area contributed by atoms with E-state index in [0.29, 0.717) is 0 Å². The first-order valence-corrected chi connectivity index (χ1v) is 10.2. The summed E-state index contributed by atoms with van der Waals surface area (Å²) in [6, 6.07) is 30.1. The average Bonchev–Trinajstić information content (AvgIpc) is 2.77. The molecule has 4 rings (SSSR count). The largest absolute Gasteiger partial charge is 0.297 e. The average molecular weight is 369 g/mol. The second-order valence-corrected chi connectivity index (χ2v) is 7.45. The fraction of sp³-hybridized carbons (Fsp3) is 0.231. The van der Waals surface area contributed by atoms with Gasteiger partial charge in [0, 0.05) is 39.3 Å². The smallest absolute Gasteiger partial charge is 0.0234 e. The van der Waals surface area contributed by atoms with Crippen molar-refractivity contribution >= 4 is 6.08 Å². The molecule has 142 valence electrons. The molecular weight excluding hydrogens is 340 g/mol.